The lowest BCUT2D eigenvalue weighted by Gasteiger charge is -2.19. The van der Waals surface area contributed by atoms with Crippen molar-refractivity contribution >= 4 is 21.5 Å². The molecule has 0 amide bonds. The van der Waals surface area contributed by atoms with Crippen LogP contribution in [0, 0.1) is 0 Å². The third-order valence-electron chi connectivity index (χ3n) is 2.63. The van der Waals surface area contributed by atoms with Crippen LogP contribution in [0.2, 0.25) is 0 Å². The van der Waals surface area contributed by atoms with Gasteiger partial charge in [0.05, 0.1) is 13.7 Å². The van der Waals surface area contributed by atoms with Crippen LogP contribution < -0.4 is 0 Å². The fourth-order valence-corrected chi connectivity index (χ4v) is 1.82. The Kier molecular flexibility index (Phi) is 1.29. The summed E-state index contributed by atoms with van der Waals surface area (Å²) < 4.78 is 120. The van der Waals surface area contributed by atoms with E-state index in [2.05, 4.69) is 0 Å². The van der Waals surface area contributed by atoms with E-state index in [1.165, 1.54) is 0 Å². The quantitative estimate of drug-likeness (QED) is 0.649. The predicted octanol–water partition coefficient (Wildman–Crippen LogP) is 4.59. The minimum absolute atomic E-state index is 0.802. The molecule has 0 aliphatic heterocycles. The van der Waals surface area contributed by atoms with E-state index >= 15 is 0 Å². The van der Waals surface area contributed by atoms with E-state index in [-0.39, 0.29) is 0 Å². The molecule has 102 valence electrons. The van der Waals surface area contributed by atoms with Gasteiger partial charge in [0.2, 0.25) is 0 Å². The van der Waals surface area contributed by atoms with Crippen LogP contribution in [0.4, 0.5) is 13.2 Å². The zero-order valence-electron chi connectivity index (χ0n) is 19.6. The van der Waals surface area contributed by atoms with Crippen LogP contribution in [-0.4, -0.2) is 11.3 Å². The smallest absolute Gasteiger partial charge is 0.379 e. The Morgan fingerprint density at radius 3 is 1.85 bits per heavy atom. The van der Waals surface area contributed by atoms with Gasteiger partial charge in [0.25, 0.3) is 0 Å². The lowest BCUT2D eigenvalue weighted by Crippen LogP contribution is -2.20. The van der Waals surface area contributed by atoms with Gasteiger partial charge in [-0.3, -0.25) is 0 Å². The van der Waals surface area contributed by atoms with E-state index in [0.717, 1.165) is 0 Å². The maximum absolute atomic E-state index is 13.6. The molecule has 0 bridgehead atoms. The number of benzene rings is 3. The summed E-state index contributed by atoms with van der Waals surface area (Å²) in [7, 11) is 0. The number of alkyl halides is 3. The first-order valence-corrected chi connectivity index (χ1v) is 5.29. The fraction of sp³-hybridized carbons (Fsp3) is 0.125. The third kappa shape index (κ3) is 2.02. The molecule has 1 N–H and O–H groups in total. The van der Waals surface area contributed by atoms with E-state index in [4.69, 9.17) is 13.7 Å². The van der Waals surface area contributed by atoms with Crippen molar-refractivity contribution in [2.45, 2.75) is 12.3 Å². The van der Waals surface area contributed by atoms with Crippen LogP contribution >= 0.6 is 0 Å². The van der Waals surface area contributed by atoms with Gasteiger partial charge in [0.15, 0.2) is 6.08 Å². The number of rotatable bonds is 1. The number of hydrogen-bond acceptors (Lipinski definition) is 1. The molecule has 3 rings (SSSR count). The van der Waals surface area contributed by atoms with Crippen molar-refractivity contribution in [3.8, 4) is 0 Å². The van der Waals surface area contributed by atoms with Crippen LogP contribution in [0.25, 0.3) is 21.5 Å². The predicted molar refractivity (Wildman–Crippen MR) is 72.5 cm³/mol. The summed E-state index contributed by atoms with van der Waals surface area (Å²) in [5.74, 6) is 0. The molecule has 0 aliphatic rings. The van der Waals surface area contributed by atoms with Crippen molar-refractivity contribution in [1.82, 2.24) is 0 Å². The van der Waals surface area contributed by atoms with Crippen LogP contribution in [0.3, 0.4) is 0 Å². The number of aliphatic hydroxyl groups is 1. The van der Waals surface area contributed by atoms with Crippen molar-refractivity contribution in [1.29, 1.82) is 0 Å². The van der Waals surface area contributed by atoms with Gasteiger partial charge < -0.3 is 5.11 Å². The molecule has 0 saturated carbocycles. The third-order valence-corrected chi connectivity index (χ3v) is 2.63. The maximum atomic E-state index is 13.6. The van der Waals surface area contributed by atoms with Crippen molar-refractivity contribution in [3.63, 3.8) is 0 Å². The van der Waals surface area contributed by atoms with Gasteiger partial charge in [-0.25, -0.2) is 0 Å². The molecule has 1 nitrogen and oxygen atoms in total. The Morgan fingerprint density at radius 1 is 0.950 bits per heavy atom. The number of fused-ring (bicyclic) bond motifs is 2. The molecule has 0 heterocycles. The molecule has 0 aliphatic carbocycles. The van der Waals surface area contributed by atoms with Crippen molar-refractivity contribution in [2.24, 2.45) is 0 Å². The molecular formula is C16H11F3O. The summed E-state index contributed by atoms with van der Waals surface area (Å²) in [6, 6.07) is -8.70. The zero-order valence-corrected chi connectivity index (χ0v) is 9.58. The van der Waals surface area contributed by atoms with E-state index < -0.39 is 93.7 Å². The Balaban J connectivity index is 2.92. The van der Waals surface area contributed by atoms with E-state index in [0.29, 0.717) is 0 Å². The van der Waals surface area contributed by atoms with E-state index in [1.54, 1.807) is 0 Å². The SMILES string of the molecule is [2H]c1c([2H])c([2H])c2c([C@]([2H])(O)C(F)(F)F)c3c([2H])c([2H])c([2H])c([2H])c3c([2H])c2c1[2H]. The molecule has 0 saturated heterocycles. The molecule has 0 aromatic heterocycles. The van der Waals surface area contributed by atoms with Gasteiger partial charge in [-0.2, -0.15) is 13.2 Å². The highest BCUT2D eigenvalue weighted by atomic mass is 19.4. The fourth-order valence-electron chi connectivity index (χ4n) is 1.82. The highest BCUT2D eigenvalue weighted by molar-refractivity contribution is 6.02. The summed E-state index contributed by atoms with van der Waals surface area (Å²) in [5.41, 5.74) is -1.49. The van der Waals surface area contributed by atoms with Crippen molar-refractivity contribution in [3.05, 3.63) is 59.9 Å². The number of hydrogen-bond donors (Lipinski definition) is 1. The van der Waals surface area contributed by atoms with Gasteiger partial charge in [-0.1, -0.05) is 48.3 Å². The topological polar surface area (TPSA) is 20.2 Å². The average Bonchev–Trinajstić information content (AvgIpc) is 2.65. The highest BCUT2D eigenvalue weighted by Gasteiger charge is 2.41. The molecule has 0 spiro atoms. The second-order valence-corrected chi connectivity index (χ2v) is 3.85. The minimum Gasteiger partial charge on any atom is -0.379 e. The molecule has 3 aromatic carbocycles. The summed E-state index contributed by atoms with van der Waals surface area (Å²) in [4.78, 5) is 0. The van der Waals surface area contributed by atoms with Gasteiger partial charge >= 0.3 is 6.18 Å². The van der Waals surface area contributed by atoms with Crippen LogP contribution in [0.1, 0.15) is 25.4 Å². The van der Waals surface area contributed by atoms with Crippen LogP contribution in [-0.2, 0) is 0 Å². The lowest BCUT2D eigenvalue weighted by atomic mass is 9.93. The molecule has 0 radical (unpaired) electrons. The van der Waals surface area contributed by atoms with Crippen molar-refractivity contribution in [2.75, 3.05) is 0 Å². The highest BCUT2D eigenvalue weighted by Crippen LogP contribution is 2.40. The maximum Gasteiger partial charge on any atom is 0.418 e. The van der Waals surface area contributed by atoms with E-state index in [1.807, 2.05) is 0 Å². The molecule has 0 fully saturated rings. The summed E-state index contributed by atoms with van der Waals surface area (Å²) in [6.45, 7) is 0. The van der Waals surface area contributed by atoms with Gasteiger partial charge in [0.1, 0.15) is 0 Å². The van der Waals surface area contributed by atoms with E-state index in [9.17, 15) is 18.3 Å². The first kappa shape index (κ1) is 5.74. The van der Waals surface area contributed by atoms with Crippen molar-refractivity contribution < 1.29 is 32.0 Å². The van der Waals surface area contributed by atoms with Gasteiger partial charge in [0, 0.05) is 5.56 Å². The molecule has 3 aromatic rings. The van der Waals surface area contributed by atoms with Gasteiger partial charge in [-0.15, -0.1) is 0 Å². The summed E-state index contributed by atoms with van der Waals surface area (Å²) >= 11 is 0. The minimum atomic E-state index is -5.71. The number of halogens is 3. The molecule has 4 heteroatoms. The zero-order chi connectivity index (χ0) is 23.1. The standard InChI is InChI=1S/C16H11F3O/c17-16(18,19)15(20)14-12-7-3-1-5-10(12)9-11-6-2-4-8-13(11)14/h1-9,15,20H/t15-/m0/s1/i1D,2D,3D,4D,5D,6D,7D,8D,9D,15D. The second-order valence-electron chi connectivity index (χ2n) is 3.85. The second kappa shape index (κ2) is 4.49. The van der Waals surface area contributed by atoms with Gasteiger partial charge in [-0.05, 0) is 27.6 Å². The largest absolute Gasteiger partial charge is 0.418 e. The Morgan fingerprint density at radius 2 is 1.40 bits per heavy atom. The average molecular weight is 286 g/mol. The lowest BCUT2D eigenvalue weighted by molar-refractivity contribution is -0.205. The monoisotopic (exact) mass is 286 g/mol. The molecular weight excluding hydrogens is 265 g/mol. The first-order valence-electron chi connectivity index (χ1n) is 10.3. The van der Waals surface area contributed by atoms with Crippen LogP contribution in [0.15, 0.2) is 54.4 Å². The normalized spacial score (nSPS) is 22.4. The first-order chi connectivity index (χ1) is 13.6. The molecule has 20 heavy (non-hydrogen) atoms. The summed E-state index contributed by atoms with van der Waals surface area (Å²) in [6.07, 6.45) is -10.2. The Labute approximate surface area is 127 Å². The summed E-state index contributed by atoms with van der Waals surface area (Å²) in [5, 5.41) is 6.50. The van der Waals surface area contributed by atoms with Crippen LogP contribution in [0.5, 0.6) is 0 Å². The Hall–Kier alpha value is -2.07. The Bertz CT molecular complexity index is 1170. The molecule has 1 atom stereocenters. The molecule has 0 unspecified atom stereocenters.